The molecular weight excluding hydrogens is 532 g/mol. The molecular formula is C32H38N6O4. The number of hydrogen-bond donors (Lipinski definition) is 1. The first-order chi connectivity index (χ1) is 20.5. The van der Waals surface area contributed by atoms with Gasteiger partial charge in [0.05, 0.1) is 12.3 Å². The number of fused-ring (bicyclic) bond motifs is 2. The molecule has 2 aromatic carbocycles. The highest BCUT2D eigenvalue weighted by atomic mass is 16.5. The number of rotatable bonds is 8. The lowest BCUT2D eigenvalue weighted by molar-refractivity contribution is -0.126. The Morgan fingerprint density at radius 1 is 1.00 bits per heavy atom. The minimum atomic E-state index is -0.241. The van der Waals surface area contributed by atoms with Crippen LogP contribution in [0.3, 0.4) is 0 Å². The van der Waals surface area contributed by atoms with Gasteiger partial charge in [0.1, 0.15) is 17.3 Å². The molecule has 3 aliphatic rings. The molecule has 0 spiro atoms. The molecule has 0 aliphatic carbocycles. The Labute approximate surface area is 246 Å². The number of anilines is 2. The van der Waals surface area contributed by atoms with Crippen molar-refractivity contribution in [3.8, 4) is 11.8 Å². The van der Waals surface area contributed by atoms with Gasteiger partial charge in [-0.3, -0.25) is 9.59 Å². The molecule has 3 aliphatic heterocycles. The van der Waals surface area contributed by atoms with Crippen LogP contribution in [0.5, 0.6) is 11.8 Å². The molecule has 0 unspecified atom stereocenters. The van der Waals surface area contributed by atoms with Crippen LogP contribution in [0.25, 0.3) is 10.8 Å². The Balaban J connectivity index is 1.28. The third kappa shape index (κ3) is 5.76. The largest absolute Gasteiger partial charge is 0.508 e. The number of benzene rings is 2. The maximum absolute atomic E-state index is 14.1. The summed E-state index contributed by atoms with van der Waals surface area (Å²) in [6.07, 6.45) is 6.55. The number of aromatic nitrogens is 2. The summed E-state index contributed by atoms with van der Waals surface area (Å²) in [6, 6.07) is 11.3. The Bertz CT molecular complexity index is 1480. The lowest BCUT2D eigenvalue weighted by Crippen LogP contribution is -2.49. The first-order valence-corrected chi connectivity index (χ1v) is 15.0. The predicted octanol–water partition coefficient (Wildman–Crippen LogP) is 3.63. The van der Waals surface area contributed by atoms with Gasteiger partial charge in [0.2, 0.25) is 5.91 Å². The summed E-state index contributed by atoms with van der Waals surface area (Å²) in [7, 11) is 0. The SMILES string of the molecule is C=CC(=O)N1CCN(c2nc(OCCCN3CCCCC3)nc3c2CCN(c2cc(O)cc4ccccc24)C3=O)CC1. The summed E-state index contributed by atoms with van der Waals surface area (Å²) >= 11 is 0. The van der Waals surface area contributed by atoms with E-state index in [1.54, 1.807) is 21.9 Å². The van der Waals surface area contributed by atoms with Crippen molar-refractivity contribution in [2.45, 2.75) is 32.1 Å². The second kappa shape index (κ2) is 12.4. The Kier molecular flexibility index (Phi) is 8.23. The molecule has 42 heavy (non-hydrogen) atoms. The van der Waals surface area contributed by atoms with Crippen molar-refractivity contribution < 1.29 is 19.4 Å². The maximum Gasteiger partial charge on any atom is 0.319 e. The number of nitrogens with zero attached hydrogens (tertiary/aromatic N) is 6. The molecule has 1 N–H and O–H groups in total. The lowest BCUT2D eigenvalue weighted by Gasteiger charge is -2.37. The minimum Gasteiger partial charge on any atom is -0.508 e. The van der Waals surface area contributed by atoms with Crippen LogP contribution in [0.4, 0.5) is 11.5 Å². The van der Waals surface area contributed by atoms with E-state index in [0.29, 0.717) is 63.0 Å². The van der Waals surface area contributed by atoms with Gasteiger partial charge in [-0.05, 0) is 56.3 Å². The van der Waals surface area contributed by atoms with E-state index < -0.39 is 0 Å². The number of likely N-dealkylation sites (tertiary alicyclic amines) is 1. The second-order valence-corrected chi connectivity index (χ2v) is 11.2. The van der Waals surface area contributed by atoms with Crippen LogP contribution in [0.1, 0.15) is 41.7 Å². The summed E-state index contributed by atoms with van der Waals surface area (Å²) < 4.78 is 6.09. The number of carbonyl (C=O) groups excluding carboxylic acids is 2. The quantitative estimate of drug-likeness (QED) is 0.324. The summed E-state index contributed by atoms with van der Waals surface area (Å²) in [5.74, 6) is 0.483. The van der Waals surface area contributed by atoms with Crippen molar-refractivity contribution in [2.75, 3.05) is 68.8 Å². The van der Waals surface area contributed by atoms with Gasteiger partial charge in [-0.15, -0.1) is 0 Å². The van der Waals surface area contributed by atoms with Crippen LogP contribution in [0.2, 0.25) is 0 Å². The molecule has 220 valence electrons. The van der Waals surface area contributed by atoms with Crippen molar-refractivity contribution in [3.63, 3.8) is 0 Å². The average molecular weight is 571 g/mol. The zero-order valence-corrected chi connectivity index (χ0v) is 24.0. The summed E-state index contributed by atoms with van der Waals surface area (Å²) in [4.78, 5) is 43.8. The highest BCUT2D eigenvalue weighted by molar-refractivity contribution is 6.12. The van der Waals surface area contributed by atoms with Crippen molar-refractivity contribution in [1.82, 2.24) is 19.8 Å². The van der Waals surface area contributed by atoms with Crippen LogP contribution < -0.4 is 14.5 Å². The van der Waals surface area contributed by atoms with Crippen LogP contribution in [0, 0.1) is 0 Å². The van der Waals surface area contributed by atoms with E-state index >= 15 is 0 Å². The zero-order valence-electron chi connectivity index (χ0n) is 24.0. The van der Waals surface area contributed by atoms with Crippen LogP contribution in [-0.4, -0.2) is 95.7 Å². The first-order valence-electron chi connectivity index (χ1n) is 15.0. The number of piperazine rings is 1. The van der Waals surface area contributed by atoms with Crippen molar-refractivity contribution in [1.29, 1.82) is 0 Å². The number of amides is 2. The van der Waals surface area contributed by atoms with E-state index in [9.17, 15) is 14.7 Å². The molecule has 0 radical (unpaired) electrons. The van der Waals surface area contributed by atoms with Gasteiger partial charge < -0.3 is 29.4 Å². The molecule has 2 saturated heterocycles. The van der Waals surface area contributed by atoms with Crippen LogP contribution >= 0.6 is 0 Å². The number of phenolic OH excluding ortho intramolecular Hbond substituents is 1. The average Bonchev–Trinajstić information content (AvgIpc) is 3.03. The second-order valence-electron chi connectivity index (χ2n) is 11.2. The summed E-state index contributed by atoms with van der Waals surface area (Å²) in [6.45, 7) is 10.0. The van der Waals surface area contributed by atoms with Crippen molar-refractivity contribution in [2.24, 2.45) is 0 Å². The van der Waals surface area contributed by atoms with Gasteiger partial charge in [-0.2, -0.15) is 9.97 Å². The fraction of sp³-hybridized carbons (Fsp3) is 0.438. The van der Waals surface area contributed by atoms with Crippen molar-refractivity contribution >= 4 is 34.1 Å². The monoisotopic (exact) mass is 570 g/mol. The molecule has 0 bridgehead atoms. The standard InChI is InChI=1S/C32H38N6O4/c1-2-28(40)36-16-18-37(19-17-36)30-26-11-15-38(27-22-24(39)21-23-9-4-5-10-25(23)27)31(41)29(26)33-32(34-30)42-20-8-14-35-12-6-3-7-13-35/h2,4-5,9-10,21-22,39H,1,3,6-8,11-20H2. The normalized spacial score (nSPS) is 17.8. The first kappa shape index (κ1) is 28.0. The Morgan fingerprint density at radius 2 is 1.79 bits per heavy atom. The molecule has 4 heterocycles. The van der Waals surface area contributed by atoms with Gasteiger partial charge >= 0.3 is 6.01 Å². The molecule has 10 heteroatoms. The fourth-order valence-corrected chi connectivity index (χ4v) is 6.27. The third-order valence-electron chi connectivity index (χ3n) is 8.48. The zero-order chi connectivity index (χ0) is 29.1. The van der Waals surface area contributed by atoms with Crippen molar-refractivity contribution in [3.05, 3.63) is 60.3 Å². The number of hydrogen-bond acceptors (Lipinski definition) is 8. The molecule has 10 nitrogen and oxygen atoms in total. The number of carbonyl (C=O) groups is 2. The third-order valence-corrected chi connectivity index (χ3v) is 8.48. The van der Waals surface area contributed by atoms with E-state index in [4.69, 9.17) is 9.72 Å². The predicted molar refractivity (Wildman–Crippen MR) is 162 cm³/mol. The smallest absolute Gasteiger partial charge is 0.319 e. The van der Waals surface area contributed by atoms with E-state index in [2.05, 4.69) is 21.4 Å². The molecule has 0 atom stereocenters. The van der Waals surface area contributed by atoms with E-state index in [1.165, 1.54) is 25.3 Å². The highest BCUT2D eigenvalue weighted by Crippen LogP contribution is 2.36. The van der Waals surface area contributed by atoms with Gasteiger partial charge in [0.25, 0.3) is 5.91 Å². The van der Waals surface area contributed by atoms with Crippen LogP contribution in [-0.2, 0) is 11.2 Å². The lowest BCUT2D eigenvalue weighted by atomic mass is 10.0. The number of phenols is 1. The summed E-state index contributed by atoms with van der Waals surface area (Å²) in [5.41, 5.74) is 1.78. The van der Waals surface area contributed by atoms with E-state index in [1.807, 2.05) is 24.3 Å². The number of aromatic hydroxyl groups is 1. The molecule has 6 rings (SSSR count). The maximum atomic E-state index is 14.1. The number of piperidine rings is 1. The van der Waals surface area contributed by atoms with Crippen LogP contribution in [0.15, 0.2) is 49.1 Å². The molecule has 2 amide bonds. The van der Waals surface area contributed by atoms with Gasteiger partial charge in [-0.25, -0.2) is 0 Å². The fourth-order valence-electron chi connectivity index (χ4n) is 6.27. The van der Waals surface area contributed by atoms with E-state index in [-0.39, 0.29) is 23.6 Å². The van der Waals surface area contributed by atoms with E-state index in [0.717, 1.165) is 42.4 Å². The minimum absolute atomic E-state index is 0.0822. The molecule has 0 saturated carbocycles. The molecule has 1 aromatic heterocycles. The Hall–Kier alpha value is -4.18. The van der Waals surface area contributed by atoms with Gasteiger partial charge in [-0.1, -0.05) is 37.3 Å². The van der Waals surface area contributed by atoms with Gasteiger partial charge in [0.15, 0.2) is 0 Å². The summed E-state index contributed by atoms with van der Waals surface area (Å²) in [5, 5.41) is 12.2. The Morgan fingerprint density at radius 3 is 2.57 bits per heavy atom. The topological polar surface area (TPSA) is 102 Å². The highest BCUT2D eigenvalue weighted by Gasteiger charge is 2.34. The number of ether oxygens (including phenoxy) is 1. The van der Waals surface area contributed by atoms with Gasteiger partial charge in [0, 0.05) is 56.3 Å². The molecule has 2 fully saturated rings. The molecule has 3 aromatic rings.